The SMILES string of the molecule is CCON=C1CCS(=O)(=O)c2ccc(C(=O)c3c[nH]n(CC)c3=O)c(C)c21. The number of aromatic nitrogens is 2. The fraction of sp³-hybridized carbons (Fsp3) is 0.389. The third kappa shape index (κ3) is 3.23. The quantitative estimate of drug-likeness (QED) is 0.615. The number of carbonyl (C=O) groups is 1. The lowest BCUT2D eigenvalue weighted by Crippen LogP contribution is -2.26. The Morgan fingerprint density at radius 1 is 1.30 bits per heavy atom. The second-order valence-electron chi connectivity index (χ2n) is 6.20. The van der Waals surface area contributed by atoms with Gasteiger partial charge in [0, 0.05) is 30.3 Å². The Labute approximate surface area is 156 Å². The van der Waals surface area contributed by atoms with E-state index in [9.17, 15) is 18.0 Å². The predicted octanol–water partition coefficient (Wildman–Crippen LogP) is 1.65. The highest BCUT2D eigenvalue weighted by Crippen LogP contribution is 2.31. The molecule has 2 heterocycles. The highest BCUT2D eigenvalue weighted by Gasteiger charge is 2.32. The van der Waals surface area contributed by atoms with Crippen LogP contribution < -0.4 is 5.56 Å². The number of aromatic amines is 1. The smallest absolute Gasteiger partial charge is 0.277 e. The first-order chi connectivity index (χ1) is 12.8. The van der Waals surface area contributed by atoms with Crippen molar-refractivity contribution in [3.63, 3.8) is 0 Å². The molecule has 2 aromatic rings. The topological polar surface area (TPSA) is 111 Å². The van der Waals surface area contributed by atoms with E-state index in [0.29, 0.717) is 30.0 Å². The zero-order valence-electron chi connectivity index (χ0n) is 15.4. The predicted molar refractivity (Wildman–Crippen MR) is 100 cm³/mol. The number of sulfone groups is 1. The van der Waals surface area contributed by atoms with Gasteiger partial charge in [-0.3, -0.25) is 14.3 Å². The lowest BCUT2D eigenvalue weighted by atomic mass is 9.93. The Morgan fingerprint density at radius 2 is 2.04 bits per heavy atom. The molecule has 0 spiro atoms. The van der Waals surface area contributed by atoms with Crippen LogP contribution in [-0.2, 0) is 21.2 Å². The van der Waals surface area contributed by atoms with Crippen LogP contribution in [0.1, 0.15) is 47.3 Å². The number of aryl methyl sites for hydroxylation is 1. The number of fused-ring (bicyclic) bond motifs is 1. The molecule has 3 rings (SSSR count). The van der Waals surface area contributed by atoms with Crippen LogP contribution in [0, 0.1) is 6.92 Å². The number of carbonyl (C=O) groups excluding carboxylic acids is 1. The molecule has 0 unspecified atom stereocenters. The van der Waals surface area contributed by atoms with Crippen LogP contribution >= 0.6 is 0 Å². The van der Waals surface area contributed by atoms with E-state index in [-0.39, 0.29) is 28.2 Å². The van der Waals surface area contributed by atoms with E-state index in [1.807, 2.05) is 0 Å². The molecule has 0 aliphatic carbocycles. The average Bonchev–Trinajstić information content (AvgIpc) is 3.01. The first kappa shape index (κ1) is 19.1. The van der Waals surface area contributed by atoms with Crippen LogP contribution in [-0.4, -0.2) is 42.1 Å². The number of oxime groups is 1. The Kier molecular flexibility index (Phi) is 5.05. The lowest BCUT2D eigenvalue weighted by molar-refractivity contribution is 0.103. The van der Waals surface area contributed by atoms with Gasteiger partial charge in [0.15, 0.2) is 15.6 Å². The van der Waals surface area contributed by atoms with Gasteiger partial charge in [-0.25, -0.2) is 8.42 Å². The van der Waals surface area contributed by atoms with Crippen LogP contribution in [0.4, 0.5) is 0 Å². The van der Waals surface area contributed by atoms with Crippen molar-refractivity contribution in [3.05, 3.63) is 50.9 Å². The average molecular weight is 391 g/mol. The number of hydrogen-bond acceptors (Lipinski definition) is 6. The summed E-state index contributed by atoms with van der Waals surface area (Å²) in [4.78, 5) is 30.5. The molecule has 0 saturated heterocycles. The molecule has 1 aliphatic heterocycles. The second kappa shape index (κ2) is 7.15. The van der Waals surface area contributed by atoms with Crippen molar-refractivity contribution in [1.82, 2.24) is 9.78 Å². The number of ketones is 1. The molecule has 0 bridgehead atoms. The maximum atomic E-state index is 12.9. The molecule has 0 radical (unpaired) electrons. The minimum Gasteiger partial charge on any atom is -0.396 e. The molecule has 1 aromatic heterocycles. The molecule has 144 valence electrons. The fourth-order valence-electron chi connectivity index (χ4n) is 3.20. The third-order valence-electron chi connectivity index (χ3n) is 4.61. The summed E-state index contributed by atoms with van der Waals surface area (Å²) in [6.45, 7) is 6.00. The van der Waals surface area contributed by atoms with Crippen molar-refractivity contribution < 1.29 is 18.0 Å². The van der Waals surface area contributed by atoms with Crippen LogP contribution in [0.25, 0.3) is 0 Å². The molecular formula is C18H21N3O5S. The van der Waals surface area contributed by atoms with E-state index in [1.165, 1.54) is 23.0 Å². The Balaban J connectivity index is 2.19. The normalized spacial score (nSPS) is 16.9. The van der Waals surface area contributed by atoms with Gasteiger partial charge in [-0.05, 0) is 38.5 Å². The van der Waals surface area contributed by atoms with Crippen molar-refractivity contribution in [2.75, 3.05) is 12.4 Å². The largest absolute Gasteiger partial charge is 0.396 e. The van der Waals surface area contributed by atoms with Crippen LogP contribution in [0.5, 0.6) is 0 Å². The summed E-state index contributed by atoms with van der Waals surface area (Å²) in [5.41, 5.74) is 1.25. The van der Waals surface area contributed by atoms with Gasteiger partial charge in [-0.2, -0.15) is 0 Å². The molecule has 1 aromatic carbocycles. The minimum atomic E-state index is -3.46. The van der Waals surface area contributed by atoms with Crippen molar-refractivity contribution in [3.8, 4) is 0 Å². The maximum absolute atomic E-state index is 12.9. The maximum Gasteiger partial charge on any atom is 0.277 e. The van der Waals surface area contributed by atoms with Crippen molar-refractivity contribution in [2.24, 2.45) is 5.16 Å². The van der Waals surface area contributed by atoms with Gasteiger partial charge in [-0.15, -0.1) is 0 Å². The van der Waals surface area contributed by atoms with E-state index in [2.05, 4.69) is 10.3 Å². The van der Waals surface area contributed by atoms with Gasteiger partial charge in [0.05, 0.1) is 16.4 Å². The number of H-pyrrole nitrogens is 1. The van der Waals surface area contributed by atoms with Gasteiger partial charge in [0.25, 0.3) is 5.56 Å². The second-order valence-corrected chi connectivity index (χ2v) is 8.28. The molecule has 0 atom stereocenters. The van der Waals surface area contributed by atoms with E-state index in [0.717, 1.165) is 0 Å². The first-order valence-electron chi connectivity index (χ1n) is 8.70. The molecule has 9 heteroatoms. The number of nitrogens with one attached hydrogen (secondary N) is 1. The Morgan fingerprint density at radius 3 is 2.67 bits per heavy atom. The molecular weight excluding hydrogens is 370 g/mol. The lowest BCUT2D eigenvalue weighted by Gasteiger charge is -2.21. The summed E-state index contributed by atoms with van der Waals surface area (Å²) in [7, 11) is -3.46. The molecule has 1 aliphatic rings. The molecule has 1 N–H and O–H groups in total. The van der Waals surface area contributed by atoms with Gasteiger partial charge in [-0.1, -0.05) is 5.16 Å². The summed E-state index contributed by atoms with van der Waals surface area (Å²) in [5.74, 6) is -0.514. The van der Waals surface area contributed by atoms with E-state index >= 15 is 0 Å². The molecule has 0 fully saturated rings. The number of hydrogen-bond donors (Lipinski definition) is 1. The monoisotopic (exact) mass is 391 g/mol. The number of benzene rings is 1. The summed E-state index contributed by atoms with van der Waals surface area (Å²) in [6, 6.07) is 2.87. The Bertz CT molecular complexity index is 1090. The minimum absolute atomic E-state index is 0.0156. The Hall–Kier alpha value is -2.68. The molecule has 0 amide bonds. The van der Waals surface area contributed by atoms with Crippen LogP contribution in [0.2, 0.25) is 0 Å². The molecule has 8 nitrogen and oxygen atoms in total. The van der Waals surface area contributed by atoms with E-state index in [4.69, 9.17) is 4.84 Å². The molecule has 0 saturated carbocycles. The van der Waals surface area contributed by atoms with E-state index in [1.54, 1.807) is 20.8 Å². The van der Waals surface area contributed by atoms with Crippen LogP contribution in [0.15, 0.2) is 33.2 Å². The van der Waals surface area contributed by atoms with E-state index < -0.39 is 21.2 Å². The first-order valence-corrected chi connectivity index (χ1v) is 10.4. The van der Waals surface area contributed by atoms with Gasteiger partial charge >= 0.3 is 0 Å². The summed E-state index contributed by atoms with van der Waals surface area (Å²) >= 11 is 0. The standard InChI is InChI=1S/C18H21N3O5S/c1-4-21-18(23)13(10-19-21)17(22)12-6-7-15-16(11(12)3)14(20-26-5-2)8-9-27(15,24)25/h6-7,10,19H,4-5,8-9H2,1-3H3. The third-order valence-corrected chi connectivity index (χ3v) is 6.36. The fourth-order valence-corrected chi connectivity index (χ4v) is 4.74. The van der Waals surface area contributed by atoms with Crippen molar-refractivity contribution in [1.29, 1.82) is 0 Å². The van der Waals surface area contributed by atoms with Gasteiger partial charge in [0.2, 0.25) is 0 Å². The number of nitrogens with zero attached hydrogens (tertiary/aromatic N) is 2. The highest BCUT2D eigenvalue weighted by molar-refractivity contribution is 7.91. The van der Waals surface area contributed by atoms with Gasteiger partial charge < -0.3 is 9.94 Å². The molecule has 27 heavy (non-hydrogen) atoms. The van der Waals surface area contributed by atoms with Crippen molar-refractivity contribution >= 4 is 21.3 Å². The zero-order valence-corrected chi connectivity index (χ0v) is 16.2. The summed E-state index contributed by atoms with van der Waals surface area (Å²) in [6.07, 6.45) is 1.58. The summed E-state index contributed by atoms with van der Waals surface area (Å²) in [5, 5.41) is 6.80. The highest BCUT2D eigenvalue weighted by atomic mass is 32.2. The summed E-state index contributed by atoms with van der Waals surface area (Å²) < 4.78 is 26.2. The number of rotatable bonds is 5. The zero-order chi connectivity index (χ0) is 19.8. The van der Waals surface area contributed by atoms with Gasteiger partial charge in [0.1, 0.15) is 12.2 Å². The van der Waals surface area contributed by atoms with Crippen molar-refractivity contribution in [2.45, 2.75) is 38.6 Å². The van der Waals surface area contributed by atoms with Crippen LogP contribution in [0.3, 0.4) is 0 Å².